The van der Waals surface area contributed by atoms with Gasteiger partial charge in [0.25, 0.3) is 0 Å². The van der Waals surface area contributed by atoms with E-state index < -0.39 is 0 Å². The van der Waals surface area contributed by atoms with Crippen LogP contribution in [-0.2, 0) is 0 Å². The first-order valence-corrected chi connectivity index (χ1v) is 8.45. The summed E-state index contributed by atoms with van der Waals surface area (Å²) in [6.07, 6.45) is 7.59. The van der Waals surface area contributed by atoms with Gasteiger partial charge < -0.3 is 14.7 Å². The number of unbranched alkanes of at least 4 members (excludes halogenated alkanes) is 1. The molecule has 3 rings (SSSR count). The van der Waals surface area contributed by atoms with Crippen LogP contribution in [0.4, 0.5) is 17.7 Å². The summed E-state index contributed by atoms with van der Waals surface area (Å²) in [5.41, 5.74) is 0. The maximum Gasteiger partial charge on any atom is 0.247 e. The van der Waals surface area contributed by atoms with Gasteiger partial charge in [0, 0.05) is 52.2 Å². The van der Waals surface area contributed by atoms with E-state index in [-0.39, 0.29) is 0 Å². The third-order valence-electron chi connectivity index (χ3n) is 4.17. The standard InChI is InChI=1S/C16H24N8/c1-3-4-8-22(2)14-13-19-21-16(20-14)24-11-9-23(10-12-24)15-17-6-5-7-18-15/h5-7,13H,3-4,8-12H2,1-2H3. The number of hydrogen-bond donors (Lipinski definition) is 0. The van der Waals surface area contributed by atoms with Crippen LogP contribution < -0.4 is 14.7 Å². The lowest BCUT2D eigenvalue weighted by molar-refractivity contribution is 0.622. The highest BCUT2D eigenvalue weighted by atomic mass is 15.4. The van der Waals surface area contributed by atoms with Crippen LogP contribution in [0.15, 0.2) is 24.7 Å². The first-order chi connectivity index (χ1) is 11.8. The molecule has 0 radical (unpaired) electrons. The molecule has 0 saturated carbocycles. The molecule has 2 aromatic rings. The summed E-state index contributed by atoms with van der Waals surface area (Å²) in [4.78, 5) is 19.8. The Morgan fingerprint density at radius 3 is 2.38 bits per heavy atom. The predicted octanol–water partition coefficient (Wildman–Crippen LogP) is 1.22. The first-order valence-electron chi connectivity index (χ1n) is 8.45. The van der Waals surface area contributed by atoms with Gasteiger partial charge in [0.15, 0.2) is 5.82 Å². The monoisotopic (exact) mass is 328 g/mol. The van der Waals surface area contributed by atoms with Crippen LogP contribution in [0.1, 0.15) is 19.8 Å². The van der Waals surface area contributed by atoms with Crippen LogP contribution in [0, 0.1) is 0 Å². The summed E-state index contributed by atoms with van der Waals surface area (Å²) in [5, 5.41) is 8.34. The van der Waals surface area contributed by atoms with Gasteiger partial charge in [0.1, 0.15) is 0 Å². The number of rotatable bonds is 6. The largest absolute Gasteiger partial charge is 0.358 e. The van der Waals surface area contributed by atoms with Crippen LogP contribution in [0.3, 0.4) is 0 Å². The lowest BCUT2D eigenvalue weighted by Crippen LogP contribution is -2.47. The molecule has 24 heavy (non-hydrogen) atoms. The number of anilines is 3. The molecule has 128 valence electrons. The van der Waals surface area contributed by atoms with Crippen LogP contribution in [-0.4, -0.2) is 64.9 Å². The normalized spacial score (nSPS) is 14.8. The van der Waals surface area contributed by atoms with Crippen molar-refractivity contribution in [3.63, 3.8) is 0 Å². The Morgan fingerprint density at radius 1 is 1.04 bits per heavy atom. The van der Waals surface area contributed by atoms with E-state index in [2.05, 4.69) is 46.8 Å². The Labute approximate surface area is 142 Å². The maximum absolute atomic E-state index is 4.68. The molecule has 0 spiro atoms. The highest BCUT2D eigenvalue weighted by Gasteiger charge is 2.21. The third-order valence-corrected chi connectivity index (χ3v) is 4.17. The molecule has 0 atom stereocenters. The summed E-state index contributed by atoms with van der Waals surface area (Å²) in [5.74, 6) is 2.36. The zero-order chi connectivity index (χ0) is 16.8. The Balaban J connectivity index is 1.62. The van der Waals surface area contributed by atoms with Crippen LogP contribution >= 0.6 is 0 Å². The van der Waals surface area contributed by atoms with Crippen LogP contribution in [0.2, 0.25) is 0 Å². The summed E-state index contributed by atoms with van der Waals surface area (Å²) in [6.45, 7) is 6.54. The van der Waals surface area contributed by atoms with Gasteiger partial charge >= 0.3 is 0 Å². The molecule has 0 N–H and O–H groups in total. The second kappa shape index (κ2) is 7.85. The lowest BCUT2D eigenvalue weighted by Gasteiger charge is -2.34. The minimum Gasteiger partial charge on any atom is -0.358 e. The molecule has 1 aliphatic rings. The van der Waals surface area contributed by atoms with Crippen molar-refractivity contribution in [1.29, 1.82) is 0 Å². The van der Waals surface area contributed by atoms with Gasteiger partial charge in [-0.25, -0.2) is 9.97 Å². The van der Waals surface area contributed by atoms with Crippen LogP contribution in [0.5, 0.6) is 0 Å². The minimum absolute atomic E-state index is 0.699. The first kappa shape index (κ1) is 16.4. The minimum atomic E-state index is 0.699. The third kappa shape index (κ3) is 3.87. The second-order valence-corrected chi connectivity index (χ2v) is 5.91. The van der Waals surface area contributed by atoms with E-state index >= 15 is 0 Å². The smallest absolute Gasteiger partial charge is 0.247 e. The van der Waals surface area contributed by atoms with E-state index in [4.69, 9.17) is 0 Å². The van der Waals surface area contributed by atoms with E-state index in [1.54, 1.807) is 18.6 Å². The van der Waals surface area contributed by atoms with Gasteiger partial charge in [-0.3, -0.25) is 0 Å². The molecule has 3 heterocycles. The van der Waals surface area contributed by atoms with Crippen molar-refractivity contribution in [3.05, 3.63) is 24.7 Å². The highest BCUT2D eigenvalue weighted by Crippen LogP contribution is 2.16. The molecular weight excluding hydrogens is 304 g/mol. The van der Waals surface area contributed by atoms with Gasteiger partial charge in [0.2, 0.25) is 11.9 Å². The molecule has 8 nitrogen and oxygen atoms in total. The predicted molar refractivity (Wildman–Crippen MR) is 94.5 cm³/mol. The maximum atomic E-state index is 4.68. The van der Waals surface area contributed by atoms with Crippen molar-refractivity contribution in [2.75, 3.05) is 54.5 Å². The molecule has 1 aliphatic heterocycles. The van der Waals surface area contributed by atoms with Crippen molar-refractivity contribution < 1.29 is 0 Å². The molecule has 0 bridgehead atoms. The topological polar surface area (TPSA) is 74.2 Å². The number of nitrogens with zero attached hydrogens (tertiary/aromatic N) is 8. The Hall–Kier alpha value is -2.51. The van der Waals surface area contributed by atoms with Crippen LogP contribution in [0.25, 0.3) is 0 Å². The number of hydrogen-bond acceptors (Lipinski definition) is 8. The highest BCUT2D eigenvalue weighted by molar-refractivity contribution is 5.42. The molecular formula is C16H24N8. The Bertz CT molecular complexity index is 627. The quantitative estimate of drug-likeness (QED) is 0.784. The van der Waals surface area contributed by atoms with E-state index in [0.29, 0.717) is 5.95 Å². The van der Waals surface area contributed by atoms with Gasteiger partial charge in [-0.1, -0.05) is 13.3 Å². The molecule has 1 fully saturated rings. The summed E-state index contributed by atoms with van der Waals surface area (Å²) in [7, 11) is 2.05. The van der Waals surface area contributed by atoms with Gasteiger partial charge in [-0.15, -0.1) is 5.10 Å². The molecule has 2 aromatic heterocycles. The summed E-state index contributed by atoms with van der Waals surface area (Å²) in [6, 6.07) is 1.83. The SMILES string of the molecule is CCCCN(C)c1cnnc(N2CCN(c3ncccn3)CC2)n1. The number of aromatic nitrogens is 5. The molecule has 0 amide bonds. The zero-order valence-corrected chi connectivity index (χ0v) is 14.3. The average molecular weight is 328 g/mol. The molecule has 8 heteroatoms. The van der Waals surface area contributed by atoms with Crippen molar-refractivity contribution in [3.8, 4) is 0 Å². The fourth-order valence-electron chi connectivity index (χ4n) is 2.67. The molecule has 0 aromatic carbocycles. The zero-order valence-electron chi connectivity index (χ0n) is 14.3. The second-order valence-electron chi connectivity index (χ2n) is 5.91. The van der Waals surface area contributed by atoms with Gasteiger partial charge in [0.05, 0.1) is 6.20 Å². The Kier molecular flexibility index (Phi) is 5.35. The molecule has 1 saturated heterocycles. The average Bonchev–Trinajstić information content (AvgIpc) is 2.67. The fraction of sp³-hybridized carbons (Fsp3) is 0.562. The van der Waals surface area contributed by atoms with Crippen molar-refractivity contribution in [2.24, 2.45) is 0 Å². The summed E-state index contributed by atoms with van der Waals surface area (Å²) >= 11 is 0. The van der Waals surface area contributed by atoms with Gasteiger partial charge in [-0.05, 0) is 12.5 Å². The van der Waals surface area contributed by atoms with E-state index in [0.717, 1.165) is 50.9 Å². The van der Waals surface area contributed by atoms with Gasteiger partial charge in [-0.2, -0.15) is 10.1 Å². The van der Waals surface area contributed by atoms with Crippen molar-refractivity contribution >= 4 is 17.7 Å². The van der Waals surface area contributed by atoms with Crippen molar-refractivity contribution in [2.45, 2.75) is 19.8 Å². The molecule has 0 aliphatic carbocycles. The number of piperazine rings is 1. The Morgan fingerprint density at radius 2 is 1.71 bits per heavy atom. The van der Waals surface area contributed by atoms with E-state index in [1.165, 1.54) is 6.42 Å². The lowest BCUT2D eigenvalue weighted by atomic mass is 10.3. The van der Waals surface area contributed by atoms with E-state index in [9.17, 15) is 0 Å². The summed E-state index contributed by atoms with van der Waals surface area (Å²) < 4.78 is 0. The fourth-order valence-corrected chi connectivity index (χ4v) is 2.67. The van der Waals surface area contributed by atoms with Crippen molar-refractivity contribution in [1.82, 2.24) is 25.1 Å². The molecule has 0 unspecified atom stereocenters. The van der Waals surface area contributed by atoms with E-state index in [1.807, 2.05) is 13.1 Å².